The molecule has 1 saturated heterocycles. The Morgan fingerprint density at radius 3 is 3.00 bits per heavy atom. The minimum absolute atomic E-state index is 0.248. The van der Waals surface area contributed by atoms with Crippen LogP contribution in [0.15, 0.2) is 23.1 Å². The lowest BCUT2D eigenvalue weighted by molar-refractivity contribution is 0.624. The number of benzene rings is 1. The lowest BCUT2D eigenvalue weighted by Crippen LogP contribution is -2.10. The summed E-state index contributed by atoms with van der Waals surface area (Å²) in [4.78, 5) is 0.930. The van der Waals surface area contributed by atoms with Crippen LogP contribution in [0.5, 0.6) is 0 Å². The molecule has 4 heteroatoms. The second kappa shape index (κ2) is 4.86. The van der Waals surface area contributed by atoms with Crippen LogP contribution in [0.3, 0.4) is 0 Å². The van der Waals surface area contributed by atoms with Gasteiger partial charge in [-0.1, -0.05) is 0 Å². The standard InChI is InChI=1S/C11H15FN2S/c12-9-3-10(13)5-11(4-9)15-7-8-1-2-14-6-8/h3-5,8,14H,1-2,6-7,13H2. The van der Waals surface area contributed by atoms with Crippen LogP contribution in [-0.2, 0) is 0 Å². The Balaban J connectivity index is 1.92. The highest BCUT2D eigenvalue weighted by atomic mass is 32.2. The van der Waals surface area contributed by atoms with Crippen LogP contribution in [0.2, 0.25) is 0 Å². The molecule has 0 aromatic heterocycles. The van der Waals surface area contributed by atoms with Crippen molar-refractivity contribution in [1.82, 2.24) is 5.32 Å². The summed E-state index contributed by atoms with van der Waals surface area (Å²) in [5.41, 5.74) is 6.08. The number of rotatable bonds is 3. The lowest BCUT2D eigenvalue weighted by Gasteiger charge is -2.08. The number of thioether (sulfide) groups is 1. The van der Waals surface area contributed by atoms with Gasteiger partial charge in [-0.2, -0.15) is 0 Å². The smallest absolute Gasteiger partial charge is 0.126 e. The summed E-state index contributed by atoms with van der Waals surface area (Å²) < 4.78 is 13.0. The highest BCUT2D eigenvalue weighted by molar-refractivity contribution is 7.99. The van der Waals surface area contributed by atoms with Crippen LogP contribution in [0.25, 0.3) is 0 Å². The first-order valence-corrected chi connectivity index (χ1v) is 6.12. The van der Waals surface area contributed by atoms with Crippen molar-refractivity contribution in [2.24, 2.45) is 5.92 Å². The van der Waals surface area contributed by atoms with Crippen LogP contribution in [0, 0.1) is 11.7 Å². The van der Waals surface area contributed by atoms with E-state index in [4.69, 9.17) is 5.73 Å². The highest BCUT2D eigenvalue weighted by Gasteiger charge is 2.14. The molecule has 1 aromatic carbocycles. The van der Waals surface area contributed by atoms with Gasteiger partial charge in [0.05, 0.1) is 0 Å². The first kappa shape index (κ1) is 10.8. The molecular formula is C11H15FN2S. The Morgan fingerprint density at radius 2 is 2.33 bits per heavy atom. The molecule has 0 radical (unpaired) electrons. The van der Waals surface area contributed by atoms with E-state index in [0.29, 0.717) is 11.6 Å². The van der Waals surface area contributed by atoms with Crippen LogP contribution < -0.4 is 11.1 Å². The minimum atomic E-state index is -0.248. The van der Waals surface area contributed by atoms with E-state index in [1.165, 1.54) is 12.5 Å². The van der Waals surface area contributed by atoms with E-state index in [1.54, 1.807) is 17.8 Å². The number of halogens is 1. The first-order chi connectivity index (χ1) is 7.24. The molecule has 2 rings (SSSR count). The van der Waals surface area contributed by atoms with Crippen molar-refractivity contribution >= 4 is 17.4 Å². The first-order valence-electron chi connectivity index (χ1n) is 5.13. The van der Waals surface area contributed by atoms with Gasteiger partial charge in [-0.15, -0.1) is 11.8 Å². The molecular weight excluding hydrogens is 211 g/mol. The third-order valence-electron chi connectivity index (χ3n) is 2.54. The molecule has 82 valence electrons. The Kier molecular flexibility index (Phi) is 3.49. The highest BCUT2D eigenvalue weighted by Crippen LogP contribution is 2.25. The van der Waals surface area contributed by atoms with Crippen molar-refractivity contribution in [1.29, 1.82) is 0 Å². The zero-order valence-electron chi connectivity index (χ0n) is 8.50. The van der Waals surface area contributed by atoms with Crippen molar-refractivity contribution in [2.75, 3.05) is 24.6 Å². The quantitative estimate of drug-likeness (QED) is 0.612. The van der Waals surface area contributed by atoms with Crippen molar-refractivity contribution in [3.05, 3.63) is 24.0 Å². The Morgan fingerprint density at radius 1 is 1.47 bits per heavy atom. The fraction of sp³-hybridized carbons (Fsp3) is 0.455. The van der Waals surface area contributed by atoms with Crippen LogP contribution >= 0.6 is 11.8 Å². The molecule has 1 aliphatic rings. The van der Waals surface area contributed by atoms with E-state index in [2.05, 4.69) is 5.32 Å². The van der Waals surface area contributed by atoms with Crippen LogP contribution in [0.1, 0.15) is 6.42 Å². The maximum atomic E-state index is 13.0. The van der Waals surface area contributed by atoms with Gasteiger partial charge in [-0.25, -0.2) is 4.39 Å². The summed E-state index contributed by atoms with van der Waals surface area (Å²) in [5.74, 6) is 1.50. The monoisotopic (exact) mass is 226 g/mol. The largest absolute Gasteiger partial charge is 0.399 e. The topological polar surface area (TPSA) is 38.0 Å². The summed E-state index contributed by atoms with van der Waals surface area (Å²) in [6, 6.07) is 4.72. The maximum Gasteiger partial charge on any atom is 0.126 e. The second-order valence-electron chi connectivity index (χ2n) is 3.89. The Labute approximate surface area is 93.4 Å². The Hall–Kier alpha value is -0.740. The van der Waals surface area contributed by atoms with Crippen LogP contribution in [0.4, 0.5) is 10.1 Å². The Bertz CT molecular complexity index is 317. The molecule has 1 atom stereocenters. The number of nitrogens with two attached hydrogens (primary N) is 1. The predicted octanol–water partition coefficient (Wildman–Crippen LogP) is 2.11. The summed E-state index contributed by atoms with van der Waals surface area (Å²) >= 11 is 1.69. The molecule has 0 amide bonds. The minimum Gasteiger partial charge on any atom is -0.399 e. The average Bonchev–Trinajstić information content (AvgIpc) is 2.65. The molecule has 1 aromatic rings. The van der Waals surface area contributed by atoms with Gasteiger partial charge < -0.3 is 11.1 Å². The van der Waals surface area contributed by atoms with E-state index in [1.807, 2.05) is 6.07 Å². The third kappa shape index (κ3) is 3.11. The zero-order valence-corrected chi connectivity index (χ0v) is 9.32. The summed E-state index contributed by atoms with van der Waals surface area (Å²) in [6.45, 7) is 2.19. The number of nitrogens with one attached hydrogen (secondary N) is 1. The van der Waals surface area contributed by atoms with Gasteiger partial charge in [0.2, 0.25) is 0 Å². The lowest BCUT2D eigenvalue weighted by atomic mass is 10.2. The fourth-order valence-electron chi connectivity index (χ4n) is 1.74. The van der Waals surface area contributed by atoms with E-state index >= 15 is 0 Å². The molecule has 1 heterocycles. The van der Waals surface area contributed by atoms with Gasteiger partial charge in [0.25, 0.3) is 0 Å². The molecule has 15 heavy (non-hydrogen) atoms. The summed E-state index contributed by atoms with van der Waals surface area (Å²) in [5, 5.41) is 3.32. The molecule has 1 unspecified atom stereocenters. The van der Waals surface area contributed by atoms with E-state index in [9.17, 15) is 4.39 Å². The SMILES string of the molecule is Nc1cc(F)cc(SCC2CCNC2)c1. The molecule has 0 aliphatic carbocycles. The molecule has 0 saturated carbocycles. The molecule has 1 fully saturated rings. The number of hydrogen-bond acceptors (Lipinski definition) is 3. The van der Waals surface area contributed by atoms with Gasteiger partial charge >= 0.3 is 0 Å². The summed E-state index contributed by atoms with van der Waals surface area (Å²) in [6.07, 6.45) is 1.22. The molecule has 0 spiro atoms. The van der Waals surface area contributed by atoms with E-state index in [-0.39, 0.29) is 5.82 Å². The average molecular weight is 226 g/mol. The van der Waals surface area contributed by atoms with Crippen molar-refractivity contribution < 1.29 is 4.39 Å². The zero-order chi connectivity index (χ0) is 10.7. The van der Waals surface area contributed by atoms with Gasteiger partial charge in [-0.05, 0) is 43.6 Å². The van der Waals surface area contributed by atoms with E-state index < -0.39 is 0 Å². The second-order valence-corrected chi connectivity index (χ2v) is 4.98. The van der Waals surface area contributed by atoms with Gasteiger partial charge in [0, 0.05) is 16.3 Å². The number of nitrogen functional groups attached to an aromatic ring is 1. The predicted molar refractivity (Wildman–Crippen MR) is 62.5 cm³/mol. The number of anilines is 1. The third-order valence-corrected chi connectivity index (χ3v) is 3.75. The fourth-order valence-corrected chi connectivity index (χ4v) is 2.87. The van der Waals surface area contributed by atoms with Gasteiger partial charge in [0.15, 0.2) is 0 Å². The number of hydrogen-bond donors (Lipinski definition) is 2. The molecule has 1 aliphatic heterocycles. The molecule has 3 N–H and O–H groups in total. The van der Waals surface area contributed by atoms with Crippen molar-refractivity contribution in [3.63, 3.8) is 0 Å². The normalized spacial score (nSPS) is 20.7. The van der Waals surface area contributed by atoms with E-state index in [0.717, 1.165) is 23.7 Å². The summed E-state index contributed by atoms with van der Waals surface area (Å²) in [7, 11) is 0. The maximum absolute atomic E-state index is 13.0. The molecule has 0 bridgehead atoms. The molecule has 2 nitrogen and oxygen atoms in total. The van der Waals surface area contributed by atoms with Crippen molar-refractivity contribution in [3.8, 4) is 0 Å². The van der Waals surface area contributed by atoms with Crippen molar-refractivity contribution in [2.45, 2.75) is 11.3 Å². The van der Waals surface area contributed by atoms with Gasteiger partial charge in [0.1, 0.15) is 5.82 Å². The van der Waals surface area contributed by atoms with Crippen LogP contribution in [-0.4, -0.2) is 18.8 Å². The van der Waals surface area contributed by atoms with Gasteiger partial charge in [-0.3, -0.25) is 0 Å².